The third-order valence-electron chi connectivity index (χ3n) is 5.13. The Balaban J connectivity index is 1.73. The number of hydrogen-bond acceptors (Lipinski definition) is 6. The molecule has 0 saturated carbocycles. The van der Waals surface area contributed by atoms with Gasteiger partial charge in [-0.05, 0) is 53.6 Å². The maximum Gasteiger partial charge on any atom is 0.273 e. The molecule has 10 heteroatoms. The van der Waals surface area contributed by atoms with Gasteiger partial charge in [-0.1, -0.05) is 35.9 Å². The number of aliphatic hydroxyl groups excluding tert-OH is 2. The molecule has 0 aliphatic carbocycles. The molecule has 0 heterocycles. The number of carbonyl (C=O) groups excluding carboxylic acids is 2. The van der Waals surface area contributed by atoms with Crippen LogP contribution in [0.25, 0.3) is 0 Å². The summed E-state index contributed by atoms with van der Waals surface area (Å²) in [5, 5.41) is 25.3. The summed E-state index contributed by atoms with van der Waals surface area (Å²) in [5.74, 6) is -1.48. The molecule has 3 rings (SSSR count). The van der Waals surface area contributed by atoms with Gasteiger partial charge in [0.1, 0.15) is 5.82 Å². The lowest BCUT2D eigenvalue weighted by Crippen LogP contribution is -2.29. The van der Waals surface area contributed by atoms with E-state index in [4.69, 9.17) is 11.6 Å². The summed E-state index contributed by atoms with van der Waals surface area (Å²) in [4.78, 5) is 27.6. The van der Waals surface area contributed by atoms with Gasteiger partial charge >= 0.3 is 0 Å². The van der Waals surface area contributed by atoms with Gasteiger partial charge in [-0.2, -0.15) is 5.10 Å². The molecule has 0 atom stereocenters. The molecule has 3 aromatic rings. The Labute approximate surface area is 213 Å². The van der Waals surface area contributed by atoms with Gasteiger partial charge in [0, 0.05) is 30.2 Å². The van der Waals surface area contributed by atoms with Crippen molar-refractivity contribution < 1.29 is 24.2 Å². The molecule has 0 bridgehead atoms. The first-order valence-corrected chi connectivity index (χ1v) is 11.5. The molecule has 0 unspecified atom stereocenters. The van der Waals surface area contributed by atoms with E-state index in [0.29, 0.717) is 35.8 Å². The monoisotopic (exact) mass is 512 g/mol. The summed E-state index contributed by atoms with van der Waals surface area (Å²) >= 11 is 6.07. The zero-order chi connectivity index (χ0) is 25.9. The zero-order valence-corrected chi connectivity index (χ0v) is 20.1. The van der Waals surface area contributed by atoms with E-state index >= 15 is 0 Å². The topological polar surface area (TPSA) is 114 Å². The van der Waals surface area contributed by atoms with Crippen molar-refractivity contribution >= 4 is 35.3 Å². The average Bonchev–Trinajstić information content (AvgIpc) is 2.85. The van der Waals surface area contributed by atoms with Crippen LogP contribution in [-0.2, 0) is 6.54 Å². The predicted octanol–water partition coefficient (Wildman–Crippen LogP) is 3.28. The molecular formula is C26H26ClFN4O4. The summed E-state index contributed by atoms with van der Waals surface area (Å²) in [7, 11) is 0. The summed E-state index contributed by atoms with van der Waals surface area (Å²) in [6.07, 6.45) is 1.30. The largest absolute Gasteiger partial charge is 0.395 e. The average molecular weight is 513 g/mol. The Bertz CT molecular complexity index is 1230. The van der Waals surface area contributed by atoms with Crippen LogP contribution in [0.15, 0.2) is 71.8 Å². The fourth-order valence-corrected chi connectivity index (χ4v) is 3.61. The first-order valence-electron chi connectivity index (χ1n) is 11.1. The van der Waals surface area contributed by atoms with Crippen LogP contribution in [0.4, 0.5) is 10.1 Å². The van der Waals surface area contributed by atoms with Crippen LogP contribution in [-0.4, -0.2) is 59.4 Å². The van der Waals surface area contributed by atoms with Crippen LogP contribution >= 0.6 is 11.6 Å². The van der Waals surface area contributed by atoms with E-state index < -0.39 is 17.6 Å². The number of hydrazone groups is 1. The minimum atomic E-state index is -0.613. The van der Waals surface area contributed by atoms with E-state index in [0.717, 1.165) is 5.56 Å². The maximum absolute atomic E-state index is 13.3. The molecule has 0 aromatic heterocycles. The van der Waals surface area contributed by atoms with Gasteiger partial charge < -0.3 is 15.5 Å². The van der Waals surface area contributed by atoms with E-state index in [-0.39, 0.29) is 24.5 Å². The van der Waals surface area contributed by atoms with Crippen LogP contribution in [0.1, 0.15) is 31.8 Å². The number of nitrogens with one attached hydrogen (secondary N) is 2. The van der Waals surface area contributed by atoms with E-state index in [9.17, 15) is 24.2 Å². The van der Waals surface area contributed by atoms with Crippen LogP contribution in [0.5, 0.6) is 0 Å². The molecule has 4 N–H and O–H groups in total. The Morgan fingerprint density at radius 3 is 2.44 bits per heavy atom. The highest BCUT2D eigenvalue weighted by atomic mass is 35.5. The minimum absolute atomic E-state index is 0.0478. The molecule has 3 aromatic carbocycles. The highest BCUT2D eigenvalue weighted by molar-refractivity contribution is 6.31. The standard InChI is InChI=1S/C26H26ClFN4O4/c27-21-7-8-24(23(15-21)26(36)31-29-16-18-3-2-6-22(28)14-18)30-25(35)20-5-1-4-19(13-20)17-32(9-11-33)10-12-34/h1-8,13-16,33-34H,9-12,17H2,(H,30,35)(H,31,36)/b29-16+. The van der Waals surface area contributed by atoms with E-state index in [1.54, 1.807) is 30.3 Å². The fourth-order valence-electron chi connectivity index (χ4n) is 3.44. The predicted molar refractivity (Wildman–Crippen MR) is 137 cm³/mol. The van der Waals surface area contributed by atoms with E-state index in [1.807, 2.05) is 11.0 Å². The van der Waals surface area contributed by atoms with Gasteiger partial charge in [-0.3, -0.25) is 14.5 Å². The van der Waals surface area contributed by atoms with Gasteiger partial charge in [0.25, 0.3) is 11.8 Å². The first-order chi connectivity index (χ1) is 17.4. The molecule has 0 saturated heterocycles. The Kier molecular flexibility index (Phi) is 10.1. The van der Waals surface area contributed by atoms with Crippen molar-refractivity contribution in [2.45, 2.75) is 6.54 Å². The van der Waals surface area contributed by atoms with Crippen molar-refractivity contribution in [3.8, 4) is 0 Å². The van der Waals surface area contributed by atoms with Crippen molar-refractivity contribution in [3.63, 3.8) is 0 Å². The van der Waals surface area contributed by atoms with Gasteiger partial charge in [-0.15, -0.1) is 0 Å². The van der Waals surface area contributed by atoms with Gasteiger partial charge in [0.05, 0.1) is 30.7 Å². The second-order valence-corrected chi connectivity index (χ2v) is 8.26. The lowest BCUT2D eigenvalue weighted by atomic mass is 10.1. The maximum atomic E-state index is 13.3. The number of hydrogen-bond donors (Lipinski definition) is 4. The van der Waals surface area contributed by atoms with E-state index in [2.05, 4.69) is 15.8 Å². The smallest absolute Gasteiger partial charge is 0.273 e. The number of benzene rings is 3. The summed E-state index contributed by atoms with van der Waals surface area (Å²) < 4.78 is 13.3. The van der Waals surface area contributed by atoms with Crippen molar-refractivity contribution in [1.29, 1.82) is 0 Å². The zero-order valence-electron chi connectivity index (χ0n) is 19.3. The number of amides is 2. The van der Waals surface area contributed by atoms with Crippen molar-refractivity contribution in [2.75, 3.05) is 31.6 Å². The van der Waals surface area contributed by atoms with Gasteiger partial charge in [-0.25, -0.2) is 9.82 Å². The number of aliphatic hydroxyl groups is 2. The molecule has 188 valence electrons. The third kappa shape index (κ3) is 7.96. The fraction of sp³-hybridized carbons (Fsp3) is 0.192. The highest BCUT2D eigenvalue weighted by Crippen LogP contribution is 2.22. The molecule has 8 nitrogen and oxygen atoms in total. The second-order valence-electron chi connectivity index (χ2n) is 7.82. The summed E-state index contributed by atoms with van der Waals surface area (Å²) in [5.41, 5.74) is 4.34. The molecular weight excluding hydrogens is 487 g/mol. The van der Waals surface area contributed by atoms with Crippen LogP contribution in [0, 0.1) is 5.82 Å². The Hall–Kier alpha value is -3.63. The lowest BCUT2D eigenvalue weighted by Gasteiger charge is -2.20. The van der Waals surface area contributed by atoms with Gasteiger partial charge in [0.15, 0.2) is 0 Å². The highest BCUT2D eigenvalue weighted by Gasteiger charge is 2.16. The normalized spacial score (nSPS) is 11.1. The molecule has 2 amide bonds. The SMILES string of the molecule is O=C(Nc1ccc(Cl)cc1C(=O)N/N=C/c1cccc(F)c1)c1cccc(CN(CCO)CCO)c1. The van der Waals surface area contributed by atoms with Crippen molar-refractivity contribution in [2.24, 2.45) is 5.10 Å². The molecule has 0 aliphatic rings. The van der Waals surface area contributed by atoms with Crippen molar-refractivity contribution in [3.05, 3.63) is 99.8 Å². The van der Waals surface area contributed by atoms with Crippen molar-refractivity contribution in [1.82, 2.24) is 10.3 Å². The number of rotatable bonds is 11. The second kappa shape index (κ2) is 13.5. The molecule has 0 radical (unpaired) electrons. The molecule has 0 aliphatic heterocycles. The first kappa shape index (κ1) is 27.0. The summed E-state index contributed by atoms with van der Waals surface area (Å²) in [6.45, 7) is 1.13. The molecule has 36 heavy (non-hydrogen) atoms. The number of halogens is 2. The summed E-state index contributed by atoms with van der Waals surface area (Å²) in [6, 6.07) is 17.1. The number of nitrogens with zero attached hydrogens (tertiary/aromatic N) is 2. The van der Waals surface area contributed by atoms with Crippen LogP contribution in [0.3, 0.4) is 0 Å². The van der Waals surface area contributed by atoms with Crippen LogP contribution < -0.4 is 10.7 Å². The lowest BCUT2D eigenvalue weighted by molar-refractivity contribution is 0.0956. The number of carbonyl (C=O) groups is 2. The van der Waals surface area contributed by atoms with E-state index in [1.165, 1.54) is 36.5 Å². The quantitative estimate of drug-likeness (QED) is 0.232. The third-order valence-corrected chi connectivity index (χ3v) is 5.37. The molecule has 0 fully saturated rings. The number of anilines is 1. The Morgan fingerprint density at radius 2 is 1.72 bits per heavy atom. The Morgan fingerprint density at radius 1 is 0.972 bits per heavy atom. The van der Waals surface area contributed by atoms with Gasteiger partial charge in [0.2, 0.25) is 0 Å². The molecule has 0 spiro atoms. The van der Waals surface area contributed by atoms with Crippen LogP contribution in [0.2, 0.25) is 5.02 Å². The minimum Gasteiger partial charge on any atom is -0.395 e.